The van der Waals surface area contributed by atoms with Gasteiger partial charge in [0.25, 0.3) is 0 Å². The van der Waals surface area contributed by atoms with Gasteiger partial charge in [-0.05, 0) is 31.9 Å². The molecular weight excluding hydrogens is 320 g/mol. The zero-order chi connectivity index (χ0) is 18.1. The molecule has 134 valence electrons. The molecule has 0 saturated heterocycles. The van der Waals surface area contributed by atoms with Crippen molar-refractivity contribution in [2.24, 2.45) is 0 Å². The summed E-state index contributed by atoms with van der Waals surface area (Å²) in [4.78, 5) is 25.8. The van der Waals surface area contributed by atoms with Crippen LogP contribution in [0.1, 0.15) is 39.0 Å². The Hall–Kier alpha value is -2.68. The molecule has 1 aromatic rings. The molecular formula is C19H24N2O4. The van der Waals surface area contributed by atoms with Crippen LogP contribution in [0.4, 0.5) is 15.3 Å². The highest BCUT2D eigenvalue weighted by Gasteiger charge is 2.25. The number of hydrogen-bond donors (Lipinski definition) is 1. The molecule has 6 heteroatoms. The van der Waals surface area contributed by atoms with Crippen LogP contribution in [-0.2, 0) is 4.74 Å². The van der Waals surface area contributed by atoms with Crippen molar-refractivity contribution in [1.82, 2.24) is 4.90 Å². The number of carbonyl (C=O) groups is 2. The Bertz CT molecular complexity index is 633. The molecule has 0 spiro atoms. The standard InChI is InChI=1S/C19H24N2O4/c1-3-13-24-18(22)20-15-9-8-12-17(14-15)25-19(23)21(4-2)16-10-6-5-7-11-16/h1,8-9,12,14,16H,4-7,10-11,13H2,2H3,(H,20,22). The Morgan fingerprint density at radius 3 is 2.76 bits per heavy atom. The Labute approximate surface area is 148 Å². The normalized spacial score (nSPS) is 14.2. The number of nitrogens with zero attached hydrogens (tertiary/aromatic N) is 1. The van der Waals surface area contributed by atoms with Gasteiger partial charge in [0.2, 0.25) is 0 Å². The zero-order valence-electron chi connectivity index (χ0n) is 14.5. The molecule has 2 amide bonds. The van der Waals surface area contributed by atoms with Gasteiger partial charge in [-0.3, -0.25) is 5.32 Å². The van der Waals surface area contributed by atoms with Crippen molar-refractivity contribution in [1.29, 1.82) is 0 Å². The van der Waals surface area contributed by atoms with Crippen LogP contribution in [0.15, 0.2) is 24.3 Å². The van der Waals surface area contributed by atoms with Crippen LogP contribution in [0.5, 0.6) is 5.75 Å². The molecule has 1 fully saturated rings. The van der Waals surface area contributed by atoms with Crippen LogP contribution in [0.2, 0.25) is 0 Å². The second-order valence-corrected chi connectivity index (χ2v) is 5.88. The smallest absolute Gasteiger partial charge is 0.415 e. The van der Waals surface area contributed by atoms with E-state index in [0.29, 0.717) is 18.0 Å². The van der Waals surface area contributed by atoms with E-state index in [-0.39, 0.29) is 18.7 Å². The number of ether oxygens (including phenoxy) is 2. The van der Waals surface area contributed by atoms with Crippen molar-refractivity contribution >= 4 is 17.9 Å². The van der Waals surface area contributed by atoms with E-state index in [0.717, 1.165) is 25.7 Å². The van der Waals surface area contributed by atoms with Crippen molar-refractivity contribution in [3.63, 3.8) is 0 Å². The molecule has 1 saturated carbocycles. The summed E-state index contributed by atoms with van der Waals surface area (Å²) in [5.41, 5.74) is 0.466. The molecule has 0 aliphatic heterocycles. The van der Waals surface area contributed by atoms with E-state index in [4.69, 9.17) is 15.9 Å². The molecule has 0 bridgehead atoms. The SMILES string of the molecule is C#CCOC(=O)Nc1cccc(OC(=O)N(CC)C2CCCCC2)c1. The summed E-state index contributed by atoms with van der Waals surface area (Å²) in [6.07, 6.45) is 9.58. The molecule has 0 radical (unpaired) electrons. The van der Waals surface area contributed by atoms with Gasteiger partial charge < -0.3 is 14.4 Å². The first-order valence-corrected chi connectivity index (χ1v) is 8.59. The van der Waals surface area contributed by atoms with Crippen LogP contribution in [0, 0.1) is 12.3 Å². The highest BCUT2D eigenvalue weighted by Crippen LogP contribution is 2.24. The Morgan fingerprint density at radius 1 is 1.32 bits per heavy atom. The minimum absolute atomic E-state index is 0.104. The summed E-state index contributed by atoms with van der Waals surface area (Å²) in [6.45, 7) is 2.46. The Kier molecular flexibility index (Phi) is 7.15. The molecule has 25 heavy (non-hydrogen) atoms. The predicted octanol–water partition coefficient (Wildman–Crippen LogP) is 4.02. The monoisotopic (exact) mass is 344 g/mol. The van der Waals surface area contributed by atoms with Gasteiger partial charge in [-0.25, -0.2) is 9.59 Å². The Balaban J connectivity index is 1.96. The summed E-state index contributed by atoms with van der Waals surface area (Å²) in [5.74, 6) is 2.58. The van der Waals surface area contributed by atoms with Gasteiger partial charge in [0.05, 0.1) is 0 Å². The van der Waals surface area contributed by atoms with Gasteiger partial charge in [-0.2, -0.15) is 0 Å². The lowest BCUT2D eigenvalue weighted by molar-refractivity contribution is 0.121. The van der Waals surface area contributed by atoms with Crippen LogP contribution in [0.3, 0.4) is 0 Å². The third-order valence-corrected chi connectivity index (χ3v) is 4.16. The fraction of sp³-hybridized carbons (Fsp3) is 0.474. The van der Waals surface area contributed by atoms with Crippen molar-refractivity contribution in [2.45, 2.75) is 45.1 Å². The second kappa shape index (κ2) is 9.58. The number of carbonyl (C=O) groups excluding carboxylic acids is 2. The predicted molar refractivity (Wildman–Crippen MR) is 95.5 cm³/mol. The summed E-state index contributed by atoms with van der Waals surface area (Å²) < 4.78 is 10.2. The third-order valence-electron chi connectivity index (χ3n) is 4.16. The first-order valence-electron chi connectivity index (χ1n) is 8.59. The number of benzene rings is 1. The topological polar surface area (TPSA) is 67.9 Å². The molecule has 6 nitrogen and oxygen atoms in total. The van der Waals surface area contributed by atoms with E-state index in [1.165, 1.54) is 6.42 Å². The highest BCUT2D eigenvalue weighted by atomic mass is 16.6. The molecule has 0 atom stereocenters. The van der Waals surface area contributed by atoms with Crippen molar-refractivity contribution in [3.8, 4) is 18.1 Å². The zero-order valence-corrected chi connectivity index (χ0v) is 14.5. The minimum Gasteiger partial charge on any atom is -0.436 e. The molecule has 2 rings (SSSR count). The van der Waals surface area contributed by atoms with Gasteiger partial charge >= 0.3 is 12.2 Å². The number of amides is 2. The van der Waals surface area contributed by atoms with Crippen LogP contribution in [0.25, 0.3) is 0 Å². The Morgan fingerprint density at radius 2 is 2.08 bits per heavy atom. The van der Waals surface area contributed by atoms with E-state index in [9.17, 15) is 9.59 Å². The maximum absolute atomic E-state index is 12.5. The molecule has 1 aliphatic carbocycles. The summed E-state index contributed by atoms with van der Waals surface area (Å²) in [7, 11) is 0. The van der Waals surface area contributed by atoms with Gasteiger partial charge in [-0.1, -0.05) is 31.2 Å². The number of anilines is 1. The van der Waals surface area contributed by atoms with Crippen molar-refractivity contribution in [3.05, 3.63) is 24.3 Å². The van der Waals surface area contributed by atoms with E-state index < -0.39 is 6.09 Å². The molecule has 0 heterocycles. The molecule has 0 unspecified atom stereocenters. The van der Waals surface area contributed by atoms with Gasteiger partial charge in [0.1, 0.15) is 5.75 Å². The lowest BCUT2D eigenvalue weighted by atomic mass is 9.94. The average Bonchev–Trinajstić information content (AvgIpc) is 2.62. The van der Waals surface area contributed by atoms with E-state index >= 15 is 0 Å². The lowest BCUT2D eigenvalue weighted by Gasteiger charge is -2.32. The van der Waals surface area contributed by atoms with E-state index in [2.05, 4.69) is 11.2 Å². The largest absolute Gasteiger partial charge is 0.436 e. The fourth-order valence-corrected chi connectivity index (χ4v) is 2.99. The summed E-state index contributed by atoms with van der Waals surface area (Å²) >= 11 is 0. The maximum atomic E-state index is 12.5. The maximum Gasteiger partial charge on any atom is 0.415 e. The van der Waals surface area contributed by atoms with Gasteiger partial charge in [0, 0.05) is 24.3 Å². The van der Waals surface area contributed by atoms with Gasteiger partial charge in [-0.15, -0.1) is 6.42 Å². The molecule has 0 aromatic heterocycles. The van der Waals surface area contributed by atoms with Crippen molar-refractivity contribution < 1.29 is 19.1 Å². The summed E-state index contributed by atoms with van der Waals surface area (Å²) in [5, 5.41) is 2.54. The van der Waals surface area contributed by atoms with Gasteiger partial charge in [0.15, 0.2) is 6.61 Å². The van der Waals surface area contributed by atoms with Crippen LogP contribution in [-0.4, -0.2) is 36.3 Å². The third kappa shape index (κ3) is 5.71. The molecule has 1 N–H and O–H groups in total. The van der Waals surface area contributed by atoms with Crippen LogP contribution >= 0.6 is 0 Å². The number of rotatable bonds is 5. The number of nitrogens with one attached hydrogen (secondary N) is 1. The quantitative estimate of drug-likeness (QED) is 0.819. The molecule has 1 aromatic carbocycles. The number of hydrogen-bond acceptors (Lipinski definition) is 4. The lowest BCUT2D eigenvalue weighted by Crippen LogP contribution is -2.42. The minimum atomic E-state index is -0.654. The first-order chi connectivity index (χ1) is 12.1. The first kappa shape index (κ1) is 18.7. The fourth-order valence-electron chi connectivity index (χ4n) is 2.99. The molecule has 1 aliphatic rings. The van der Waals surface area contributed by atoms with E-state index in [1.807, 2.05) is 6.92 Å². The second-order valence-electron chi connectivity index (χ2n) is 5.88. The highest BCUT2D eigenvalue weighted by molar-refractivity contribution is 5.85. The number of terminal acetylenes is 1. The average molecular weight is 344 g/mol. The van der Waals surface area contributed by atoms with Crippen LogP contribution < -0.4 is 10.1 Å². The summed E-state index contributed by atoms with van der Waals surface area (Å²) in [6, 6.07) is 6.85. The van der Waals surface area contributed by atoms with Crippen molar-refractivity contribution in [2.75, 3.05) is 18.5 Å². The van der Waals surface area contributed by atoms with E-state index in [1.54, 1.807) is 29.2 Å².